The third-order valence-corrected chi connectivity index (χ3v) is 3.31. The van der Waals surface area contributed by atoms with E-state index in [1.54, 1.807) is 6.20 Å². The lowest BCUT2D eigenvalue weighted by Gasteiger charge is -1.98. The van der Waals surface area contributed by atoms with Gasteiger partial charge < -0.3 is 4.57 Å². The van der Waals surface area contributed by atoms with Gasteiger partial charge in [-0.15, -0.1) is 0 Å². The molecule has 0 atom stereocenters. The lowest BCUT2D eigenvalue weighted by molar-refractivity contribution is 0.819. The standard InChI is InChI=1S/C10H10BrN3/c1-14-8-5-12-4-7(11)9(8)13-10(14)6-2-3-6/h4-6H,2-3H2,1H3. The van der Waals surface area contributed by atoms with Gasteiger partial charge >= 0.3 is 0 Å². The first-order chi connectivity index (χ1) is 6.77. The number of fused-ring (bicyclic) bond motifs is 1. The number of nitrogens with zero attached hydrogens (tertiary/aromatic N) is 3. The fourth-order valence-corrected chi connectivity index (χ4v) is 2.20. The van der Waals surface area contributed by atoms with E-state index >= 15 is 0 Å². The van der Waals surface area contributed by atoms with Crippen molar-refractivity contribution < 1.29 is 0 Å². The second-order valence-corrected chi connectivity index (χ2v) is 4.65. The molecule has 2 aromatic heterocycles. The zero-order valence-corrected chi connectivity index (χ0v) is 9.45. The molecule has 2 aromatic rings. The van der Waals surface area contributed by atoms with E-state index in [0.29, 0.717) is 5.92 Å². The zero-order valence-electron chi connectivity index (χ0n) is 7.87. The Kier molecular flexibility index (Phi) is 1.68. The monoisotopic (exact) mass is 251 g/mol. The van der Waals surface area contributed by atoms with Crippen LogP contribution in [0.4, 0.5) is 0 Å². The van der Waals surface area contributed by atoms with Crippen LogP contribution >= 0.6 is 15.9 Å². The summed E-state index contributed by atoms with van der Waals surface area (Å²) in [4.78, 5) is 8.81. The van der Waals surface area contributed by atoms with Crippen molar-refractivity contribution in [3.8, 4) is 0 Å². The van der Waals surface area contributed by atoms with E-state index < -0.39 is 0 Å². The number of halogens is 1. The molecule has 0 aromatic carbocycles. The normalized spacial score (nSPS) is 16.4. The van der Waals surface area contributed by atoms with E-state index in [0.717, 1.165) is 15.5 Å². The molecular formula is C10H10BrN3. The molecule has 14 heavy (non-hydrogen) atoms. The van der Waals surface area contributed by atoms with Crippen LogP contribution in [0.1, 0.15) is 24.6 Å². The molecule has 4 heteroatoms. The van der Waals surface area contributed by atoms with E-state index in [1.807, 2.05) is 6.20 Å². The number of hydrogen-bond acceptors (Lipinski definition) is 2. The quantitative estimate of drug-likeness (QED) is 0.781. The van der Waals surface area contributed by atoms with Gasteiger partial charge in [0.15, 0.2) is 0 Å². The van der Waals surface area contributed by atoms with Crippen molar-refractivity contribution in [1.29, 1.82) is 0 Å². The molecule has 0 saturated heterocycles. The summed E-state index contributed by atoms with van der Waals surface area (Å²) >= 11 is 3.48. The average molecular weight is 252 g/mol. The maximum Gasteiger partial charge on any atom is 0.112 e. The molecule has 1 aliphatic carbocycles. The number of aryl methyl sites for hydroxylation is 1. The third-order valence-electron chi connectivity index (χ3n) is 2.73. The largest absolute Gasteiger partial charge is 0.330 e. The molecule has 72 valence electrons. The minimum absolute atomic E-state index is 0.680. The Morgan fingerprint density at radius 2 is 2.21 bits per heavy atom. The molecule has 0 amide bonds. The Morgan fingerprint density at radius 3 is 2.86 bits per heavy atom. The molecule has 0 bridgehead atoms. The van der Waals surface area contributed by atoms with Crippen LogP contribution in [-0.4, -0.2) is 14.5 Å². The van der Waals surface area contributed by atoms with Crippen LogP contribution in [0, 0.1) is 0 Å². The molecule has 0 unspecified atom stereocenters. The maximum atomic E-state index is 4.65. The van der Waals surface area contributed by atoms with Crippen LogP contribution in [-0.2, 0) is 7.05 Å². The van der Waals surface area contributed by atoms with Gasteiger partial charge in [-0.25, -0.2) is 4.98 Å². The van der Waals surface area contributed by atoms with Crippen molar-refractivity contribution in [2.24, 2.45) is 7.05 Å². The number of rotatable bonds is 1. The Balaban J connectivity index is 2.33. The van der Waals surface area contributed by atoms with Crippen molar-refractivity contribution in [2.45, 2.75) is 18.8 Å². The number of imidazole rings is 1. The molecule has 3 nitrogen and oxygen atoms in total. The lowest BCUT2D eigenvalue weighted by Crippen LogP contribution is -1.94. The summed E-state index contributed by atoms with van der Waals surface area (Å²) in [7, 11) is 2.07. The fraction of sp³-hybridized carbons (Fsp3) is 0.400. The number of pyridine rings is 1. The van der Waals surface area contributed by atoms with Crippen LogP contribution in [0.25, 0.3) is 11.0 Å². The van der Waals surface area contributed by atoms with Gasteiger partial charge in [0.05, 0.1) is 16.2 Å². The van der Waals surface area contributed by atoms with Crippen LogP contribution in [0.3, 0.4) is 0 Å². The van der Waals surface area contributed by atoms with E-state index in [4.69, 9.17) is 0 Å². The van der Waals surface area contributed by atoms with Gasteiger partial charge in [-0.2, -0.15) is 0 Å². The molecule has 0 spiro atoms. The second kappa shape index (κ2) is 2.79. The minimum Gasteiger partial charge on any atom is -0.330 e. The minimum atomic E-state index is 0.680. The summed E-state index contributed by atoms with van der Waals surface area (Å²) in [6, 6.07) is 0. The zero-order chi connectivity index (χ0) is 9.71. The van der Waals surface area contributed by atoms with Gasteiger partial charge in [-0.1, -0.05) is 0 Å². The SMILES string of the molecule is Cn1c(C2CC2)nc2c(Br)cncc21. The van der Waals surface area contributed by atoms with Crippen LogP contribution in [0.5, 0.6) is 0 Å². The summed E-state index contributed by atoms with van der Waals surface area (Å²) in [5, 5.41) is 0. The number of hydrogen-bond donors (Lipinski definition) is 0. The van der Waals surface area contributed by atoms with E-state index in [9.17, 15) is 0 Å². The summed E-state index contributed by atoms with van der Waals surface area (Å²) in [6.45, 7) is 0. The number of aromatic nitrogens is 3. The predicted molar refractivity (Wildman–Crippen MR) is 58.2 cm³/mol. The van der Waals surface area contributed by atoms with Gasteiger partial charge in [0.1, 0.15) is 11.3 Å². The molecule has 1 fully saturated rings. The molecule has 0 N–H and O–H groups in total. The summed E-state index contributed by atoms with van der Waals surface area (Å²) in [5.74, 6) is 1.88. The highest BCUT2D eigenvalue weighted by molar-refractivity contribution is 9.10. The van der Waals surface area contributed by atoms with E-state index in [-0.39, 0.29) is 0 Å². The molecule has 1 saturated carbocycles. The Bertz CT molecular complexity index is 499. The molecule has 2 heterocycles. The Labute approximate surface area is 90.3 Å². The molecular weight excluding hydrogens is 242 g/mol. The third kappa shape index (κ3) is 1.10. The summed E-state index contributed by atoms with van der Waals surface area (Å²) in [5.41, 5.74) is 2.14. The van der Waals surface area contributed by atoms with Crippen molar-refractivity contribution in [2.75, 3.05) is 0 Å². The first-order valence-corrected chi connectivity index (χ1v) is 5.52. The van der Waals surface area contributed by atoms with Gasteiger partial charge in [0.25, 0.3) is 0 Å². The van der Waals surface area contributed by atoms with Crippen molar-refractivity contribution in [3.05, 3.63) is 22.7 Å². The fourth-order valence-electron chi connectivity index (χ4n) is 1.79. The van der Waals surface area contributed by atoms with E-state index in [1.165, 1.54) is 18.7 Å². The molecule has 0 radical (unpaired) electrons. The topological polar surface area (TPSA) is 30.7 Å². The van der Waals surface area contributed by atoms with Crippen molar-refractivity contribution >= 4 is 27.0 Å². The first kappa shape index (κ1) is 8.41. The van der Waals surface area contributed by atoms with Gasteiger partial charge in [0, 0.05) is 19.2 Å². The Morgan fingerprint density at radius 1 is 1.43 bits per heavy atom. The van der Waals surface area contributed by atoms with Crippen LogP contribution in [0.15, 0.2) is 16.9 Å². The predicted octanol–water partition coefficient (Wildman–Crippen LogP) is 2.61. The van der Waals surface area contributed by atoms with Gasteiger partial charge in [0.2, 0.25) is 0 Å². The molecule has 1 aliphatic rings. The average Bonchev–Trinajstić information content (AvgIpc) is 2.94. The smallest absolute Gasteiger partial charge is 0.112 e. The molecule has 0 aliphatic heterocycles. The van der Waals surface area contributed by atoms with Crippen LogP contribution in [0.2, 0.25) is 0 Å². The van der Waals surface area contributed by atoms with Gasteiger partial charge in [-0.05, 0) is 28.8 Å². The first-order valence-electron chi connectivity index (χ1n) is 4.73. The van der Waals surface area contributed by atoms with Crippen LogP contribution < -0.4 is 0 Å². The van der Waals surface area contributed by atoms with Crippen molar-refractivity contribution in [1.82, 2.24) is 14.5 Å². The van der Waals surface area contributed by atoms with Crippen molar-refractivity contribution in [3.63, 3.8) is 0 Å². The highest BCUT2D eigenvalue weighted by Gasteiger charge is 2.28. The van der Waals surface area contributed by atoms with E-state index in [2.05, 4.69) is 37.5 Å². The summed E-state index contributed by atoms with van der Waals surface area (Å²) in [6.07, 6.45) is 6.23. The lowest BCUT2D eigenvalue weighted by atomic mass is 10.4. The molecule has 3 rings (SSSR count). The maximum absolute atomic E-state index is 4.65. The van der Waals surface area contributed by atoms with Gasteiger partial charge in [-0.3, -0.25) is 4.98 Å². The highest BCUT2D eigenvalue weighted by atomic mass is 79.9. The summed E-state index contributed by atoms with van der Waals surface area (Å²) < 4.78 is 3.14. The Hall–Kier alpha value is -0.900. The second-order valence-electron chi connectivity index (χ2n) is 3.79. The highest BCUT2D eigenvalue weighted by Crippen LogP contribution is 2.40.